The van der Waals surface area contributed by atoms with Crippen LogP contribution in [0.1, 0.15) is 38.2 Å². The minimum atomic E-state index is -0.283. The van der Waals surface area contributed by atoms with Crippen LogP contribution in [0, 0.1) is 13.8 Å². The van der Waals surface area contributed by atoms with Crippen molar-refractivity contribution in [1.82, 2.24) is 5.32 Å². The summed E-state index contributed by atoms with van der Waals surface area (Å²) in [5, 5.41) is 22.7. The van der Waals surface area contributed by atoms with Gasteiger partial charge in [0.25, 0.3) is 5.91 Å². The molecule has 4 nitrogen and oxygen atoms in total. The summed E-state index contributed by atoms with van der Waals surface area (Å²) >= 11 is 0. The van der Waals surface area contributed by atoms with Crippen LogP contribution in [0.5, 0.6) is 11.5 Å². The van der Waals surface area contributed by atoms with E-state index in [1.807, 2.05) is 50.2 Å². The lowest BCUT2D eigenvalue weighted by molar-refractivity contribution is 0.0951. The fraction of sp³-hybridized carbons (Fsp3) is 0.208. The van der Waals surface area contributed by atoms with E-state index in [9.17, 15) is 15.0 Å². The highest BCUT2D eigenvalue weighted by atomic mass is 16.3. The van der Waals surface area contributed by atoms with Crippen LogP contribution in [-0.4, -0.2) is 22.7 Å². The average molecular weight is 375 g/mol. The second-order valence-electron chi connectivity index (χ2n) is 7.08. The summed E-state index contributed by atoms with van der Waals surface area (Å²) < 4.78 is 0. The van der Waals surface area contributed by atoms with Crippen molar-refractivity contribution in [2.75, 3.05) is 6.54 Å². The minimum Gasteiger partial charge on any atom is -0.508 e. The Morgan fingerprint density at radius 3 is 2.25 bits per heavy atom. The Labute approximate surface area is 165 Å². The maximum atomic E-state index is 12.5. The first-order valence-electron chi connectivity index (χ1n) is 9.37. The van der Waals surface area contributed by atoms with Gasteiger partial charge in [-0.15, -0.1) is 0 Å². The van der Waals surface area contributed by atoms with E-state index in [0.717, 1.165) is 34.2 Å². The Hall–Kier alpha value is -3.27. The van der Waals surface area contributed by atoms with Crippen LogP contribution in [0.25, 0.3) is 0 Å². The quantitative estimate of drug-likeness (QED) is 0.602. The lowest BCUT2D eigenvalue weighted by Gasteiger charge is -2.13. The third kappa shape index (κ3) is 4.71. The number of phenols is 2. The van der Waals surface area contributed by atoms with Gasteiger partial charge in [-0.05, 0) is 78.8 Å². The molecule has 144 valence electrons. The molecular weight excluding hydrogens is 350 g/mol. The summed E-state index contributed by atoms with van der Waals surface area (Å²) in [5.41, 5.74) is 5.47. The van der Waals surface area contributed by atoms with Gasteiger partial charge in [0, 0.05) is 6.54 Å². The molecule has 0 aromatic heterocycles. The molecule has 0 saturated carbocycles. The SMILES string of the molecule is Cc1cc(O)cc(C)c1Cc1ccc(O)c(C(=O)NCCc2ccccc2)c1. The molecule has 0 bridgehead atoms. The van der Waals surface area contributed by atoms with Crippen molar-refractivity contribution < 1.29 is 15.0 Å². The molecule has 0 atom stereocenters. The molecule has 0 radical (unpaired) electrons. The molecule has 4 heteroatoms. The van der Waals surface area contributed by atoms with E-state index in [0.29, 0.717) is 13.0 Å². The van der Waals surface area contributed by atoms with Crippen molar-refractivity contribution in [3.8, 4) is 11.5 Å². The normalized spacial score (nSPS) is 10.6. The van der Waals surface area contributed by atoms with Gasteiger partial charge in [0.2, 0.25) is 0 Å². The van der Waals surface area contributed by atoms with Crippen LogP contribution in [0.2, 0.25) is 0 Å². The molecule has 0 spiro atoms. The van der Waals surface area contributed by atoms with Gasteiger partial charge in [-0.3, -0.25) is 4.79 Å². The molecule has 1 amide bonds. The van der Waals surface area contributed by atoms with Crippen LogP contribution in [0.3, 0.4) is 0 Å². The van der Waals surface area contributed by atoms with Crippen LogP contribution < -0.4 is 5.32 Å². The van der Waals surface area contributed by atoms with Crippen LogP contribution >= 0.6 is 0 Å². The molecule has 3 aromatic carbocycles. The first kappa shape index (κ1) is 19.5. The van der Waals surface area contributed by atoms with E-state index in [-0.39, 0.29) is 23.0 Å². The molecule has 0 saturated heterocycles. The molecule has 3 aromatic rings. The average Bonchev–Trinajstić information content (AvgIpc) is 2.66. The Balaban J connectivity index is 1.71. The predicted molar refractivity (Wildman–Crippen MR) is 111 cm³/mol. The first-order chi connectivity index (χ1) is 13.4. The largest absolute Gasteiger partial charge is 0.508 e. The molecule has 0 aliphatic carbocycles. The monoisotopic (exact) mass is 375 g/mol. The van der Waals surface area contributed by atoms with Crippen molar-refractivity contribution in [1.29, 1.82) is 0 Å². The maximum Gasteiger partial charge on any atom is 0.255 e. The maximum absolute atomic E-state index is 12.5. The Kier molecular flexibility index (Phi) is 5.99. The fourth-order valence-corrected chi connectivity index (χ4v) is 3.39. The number of nitrogens with one attached hydrogen (secondary N) is 1. The second-order valence-corrected chi connectivity index (χ2v) is 7.08. The first-order valence-corrected chi connectivity index (χ1v) is 9.37. The van der Waals surface area contributed by atoms with E-state index in [1.165, 1.54) is 0 Å². The van der Waals surface area contributed by atoms with E-state index in [1.54, 1.807) is 24.3 Å². The number of phenolic OH excluding ortho intramolecular Hbond substituents is 2. The molecule has 0 fully saturated rings. The Morgan fingerprint density at radius 2 is 1.57 bits per heavy atom. The van der Waals surface area contributed by atoms with Gasteiger partial charge in [-0.25, -0.2) is 0 Å². The summed E-state index contributed by atoms with van der Waals surface area (Å²) in [4.78, 5) is 12.5. The number of carbonyl (C=O) groups excluding carboxylic acids is 1. The van der Waals surface area contributed by atoms with E-state index < -0.39 is 0 Å². The zero-order valence-corrected chi connectivity index (χ0v) is 16.2. The standard InChI is InChI=1S/C24H25NO3/c1-16-12-20(26)13-17(2)21(16)14-19-8-9-23(27)22(15-19)24(28)25-11-10-18-6-4-3-5-7-18/h3-9,12-13,15,26-27H,10-11,14H2,1-2H3,(H,25,28). The highest BCUT2D eigenvalue weighted by molar-refractivity contribution is 5.97. The Morgan fingerprint density at radius 1 is 0.893 bits per heavy atom. The number of carbonyl (C=O) groups is 1. The number of hydrogen-bond donors (Lipinski definition) is 3. The smallest absolute Gasteiger partial charge is 0.255 e. The summed E-state index contributed by atoms with van der Waals surface area (Å²) in [7, 11) is 0. The van der Waals surface area contributed by atoms with Crippen molar-refractivity contribution in [3.63, 3.8) is 0 Å². The molecule has 0 heterocycles. The number of benzene rings is 3. The van der Waals surface area contributed by atoms with Crippen LogP contribution in [-0.2, 0) is 12.8 Å². The van der Waals surface area contributed by atoms with Gasteiger partial charge in [-0.1, -0.05) is 36.4 Å². The molecule has 3 rings (SSSR count). The number of aromatic hydroxyl groups is 2. The van der Waals surface area contributed by atoms with E-state index >= 15 is 0 Å². The number of amides is 1. The van der Waals surface area contributed by atoms with Gasteiger partial charge in [0.1, 0.15) is 11.5 Å². The fourth-order valence-electron chi connectivity index (χ4n) is 3.39. The van der Waals surface area contributed by atoms with Gasteiger partial charge < -0.3 is 15.5 Å². The van der Waals surface area contributed by atoms with Gasteiger partial charge in [-0.2, -0.15) is 0 Å². The molecular formula is C24H25NO3. The molecule has 0 aliphatic rings. The van der Waals surface area contributed by atoms with Gasteiger partial charge in [0.05, 0.1) is 5.56 Å². The molecule has 3 N–H and O–H groups in total. The van der Waals surface area contributed by atoms with Crippen LogP contribution in [0.4, 0.5) is 0 Å². The lowest BCUT2D eigenvalue weighted by Crippen LogP contribution is -2.25. The molecule has 0 aliphatic heterocycles. The molecule has 28 heavy (non-hydrogen) atoms. The van der Waals surface area contributed by atoms with Crippen molar-refractivity contribution >= 4 is 5.91 Å². The van der Waals surface area contributed by atoms with Crippen molar-refractivity contribution in [3.05, 3.63) is 94.0 Å². The number of aryl methyl sites for hydroxylation is 2. The van der Waals surface area contributed by atoms with Crippen molar-refractivity contribution in [2.45, 2.75) is 26.7 Å². The molecule has 0 unspecified atom stereocenters. The van der Waals surface area contributed by atoms with Crippen LogP contribution in [0.15, 0.2) is 60.7 Å². The zero-order valence-electron chi connectivity index (χ0n) is 16.2. The van der Waals surface area contributed by atoms with E-state index in [4.69, 9.17) is 0 Å². The minimum absolute atomic E-state index is 0.0277. The Bertz CT molecular complexity index is 957. The summed E-state index contributed by atoms with van der Waals surface area (Å²) in [6.07, 6.45) is 1.36. The topological polar surface area (TPSA) is 69.6 Å². The summed E-state index contributed by atoms with van der Waals surface area (Å²) in [6.45, 7) is 4.42. The summed E-state index contributed by atoms with van der Waals surface area (Å²) in [5.74, 6) is -0.0579. The van der Waals surface area contributed by atoms with Gasteiger partial charge in [0.15, 0.2) is 0 Å². The van der Waals surface area contributed by atoms with E-state index in [2.05, 4.69) is 5.32 Å². The third-order valence-electron chi connectivity index (χ3n) is 4.91. The lowest BCUT2D eigenvalue weighted by atomic mass is 9.94. The number of hydrogen-bond acceptors (Lipinski definition) is 3. The van der Waals surface area contributed by atoms with Gasteiger partial charge >= 0.3 is 0 Å². The zero-order chi connectivity index (χ0) is 20.1. The third-order valence-corrected chi connectivity index (χ3v) is 4.91. The number of rotatable bonds is 6. The highest BCUT2D eigenvalue weighted by Gasteiger charge is 2.13. The highest BCUT2D eigenvalue weighted by Crippen LogP contribution is 2.25. The summed E-state index contributed by atoms with van der Waals surface area (Å²) in [6, 6.07) is 18.5. The van der Waals surface area contributed by atoms with Crippen molar-refractivity contribution in [2.24, 2.45) is 0 Å². The second kappa shape index (κ2) is 8.61. The predicted octanol–water partition coefficient (Wildman–Crippen LogP) is 4.28.